The summed E-state index contributed by atoms with van der Waals surface area (Å²) in [5, 5.41) is 52.5. The van der Waals surface area contributed by atoms with Crippen molar-refractivity contribution in [2.75, 3.05) is 0 Å². The molecule has 0 amide bonds. The molecule has 0 spiro atoms. The van der Waals surface area contributed by atoms with Gasteiger partial charge in [-0.1, -0.05) is 0 Å². The molecule has 0 aliphatic heterocycles. The first-order valence-corrected chi connectivity index (χ1v) is 1.00. The van der Waals surface area contributed by atoms with Crippen LogP contribution in [0, 0.1) is 0 Å². The third kappa shape index (κ3) is 1870. The molecule has 11 heavy (non-hydrogen) atoms. The van der Waals surface area contributed by atoms with Crippen molar-refractivity contribution < 1.29 is 80.2 Å². The van der Waals surface area contributed by atoms with Gasteiger partial charge in [0, 0.05) is 0 Å². The van der Waals surface area contributed by atoms with Gasteiger partial charge in [-0.2, -0.15) is 0 Å². The van der Waals surface area contributed by atoms with E-state index in [0.29, 0.717) is 0 Å². The zero-order valence-electron chi connectivity index (χ0n) is 4.34. The molecule has 9 nitrogen and oxygen atoms in total. The Balaban J connectivity index is -0.0000000150. The van der Waals surface area contributed by atoms with Gasteiger partial charge in [0.25, 0.3) is 0 Å². The minimum absolute atomic E-state index is 0. The van der Waals surface area contributed by atoms with Crippen molar-refractivity contribution in [1.82, 2.24) is 0 Å². The molecule has 11 heteroatoms. The first kappa shape index (κ1) is 29.9. The molecule has 0 aliphatic carbocycles. The van der Waals surface area contributed by atoms with E-state index in [-0.39, 0.29) is 33.6 Å². The van der Waals surface area contributed by atoms with Gasteiger partial charge in [0.05, 0.1) is 0 Å². The van der Waals surface area contributed by atoms with E-state index in [4.69, 9.17) is 31.5 Å². The van der Waals surface area contributed by atoms with E-state index in [0.717, 1.165) is 0 Å². The fraction of sp³-hybridized carbons (Fsp3) is 0. The maximum atomic E-state index is 7.88. The molecule has 0 aromatic carbocycles. The van der Waals surface area contributed by atoms with Gasteiger partial charge in [-0.3, -0.25) is 0 Å². The van der Waals surface area contributed by atoms with Crippen LogP contribution in [0.25, 0.3) is 0 Å². The molecular weight excluding hydrogens is 262 g/mol. The Bertz CT molecular complexity index is 12.3. The van der Waals surface area contributed by atoms with Crippen molar-refractivity contribution in [2.24, 2.45) is 0 Å². The Morgan fingerprint density at radius 2 is 0.455 bits per heavy atom. The van der Waals surface area contributed by atoms with Crippen LogP contribution in [0.15, 0.2) is 0 Å². The Morgan fingerprint density at radius 3 is 0.455 bits per heavy atom. The fourth-order valence-corrected chi connectivity index (χ4v) is 0. The molecule has 0 heterocycles. The van der Waals surface area contributed by atoms with Crippen molar-refractivity contribution in [3.63, 3.8) is 0 Å². The van der Waals surface area contributed by atoms with Gasteiger partial charge in [0.15, 0.2) is 0 Å². The summed E-state index contributed by atoms with van der Waals surface area (Å²) >= 11 is 0. The minimum Gasteiger partial charge on any atom is -0.734 e. The molecule has 0 N–H and O–H groups in total. The molecule has 0 saturated heterocycles. The molecule has 0 bridgehead atoms. The predicted molar refractivity (Wildman–Crippen MR) is 3.25 cm³/mol. The smallest absolute Gasteiger partial charge is 0.734 e. The van der Waals surface area contributed by atoms with Gasteiger partial charge in [0.2, 0.25) is 0 Å². The van der Waals surface area contributed by atoms with Crippen LogP contribution in [0.1, 0.15) is 0 Å². The average Bonchev–Trinajstić information content (AvgIpc) is 1.70. The summed E-state index contributed by atoms with van der Waals surface area (Å²) in [6.45, 7) is 0. The van der Waals surface area contributed by atoms with Crippen LogP contribution >= 0.6 is 0 Å². The number of rotatable bonds is 0. The van der Waals surface area contributed by atoms with Crippen LogP contribution in [-0.2, 0) is 48.7 Å². The van der Waals surface area contributed by atoms with Crippen LogP contribution in [0.2, 0.25) is 0 Å². The molecule has 0 atom stereocenters. The van der Waals surface area contributed by atoms with Crippen LogP contribution in [0.4, 0.5) is 0 Å². The first-order chi connectivity index (χ1) is 4.24. The fourth-order valence-electron chi connectivity index (χ4n) is 0. The van der Waals surface area contributed by atoms with Crippen molar-refractivity contribution in [3.8, 4) is 0 Å². The normalized spacial score (nSPS) is 4.91. The van der Waals surface area contributed by atoms with E-state index in [2.05, 4.69) is 0 Å². The van der Waals surface area contributed by atoms with Gasteiger partial charge < -0.3 is 46.7 Å². The molecule has 0 radical (unpaired) electrons. The SMILES string of the molecule is [Co+3].[Co+3].[O-]O[O-].[O-]O[O-].[O-]O[O-]. The van der Waals surface area contributed by atoms with E-state index in [1.54, 1.807) is 15.1 Å². The second kappa shape index (κ2) is 74.4. The summed E-state index contributed by atoms with van der Waals surface area (Å²) in [4.78, 5) is 0. The topological polar surface area (TPSA) is 166 Å². The molecule has 0 fully saturated rings. The van der Waals surface area contributed by atoms with E-state index in [1.807, 2.05) is 0 Å². The maximum Gasteiger partial charge on any atom is 3.00 e. The van der Waals surface area contributed by atoms with E-state index in [1.165, 1.54) is 0 Å². The zero-order chi connectivity index (χ0) is 8.12. The molecule has 0 aromatic heterocycles. The summed E-state index contributed by atoms with van der Waals surface area (Å²) in [7, 11) is 0. The largest absolute Gasteiger partial charge is 3.00 e. The molecule has 0 rings (SSSR count). The Morgan fingerprint density at radius 1 is 0.455 bits per heavy atom. The van der Waals surface area contributed by atoms with Crippen molar-refractivity contribution in [3.05, 3.63) is 0 Å². The van der Waals surface area contributed by atoms with E-state index in [9.17, 15) is 0 Å². The Kier molecular flexibility index (Phi) is 202. The van der Waals surface area contributed by atoms with Crippen LogP contribution in [0.5, 0.6) is 0 Å². The summed E-state index contributed by atoms with van der Waals surface area (Å²) < 4.78 is 0. The van der Waals surface area contributed by atoms with E-state index >= 15 is 0 Å². The Hall–Kier alpha value is 0.653. The Labute approximate surface area is 80.7 Å². The van der Waals surface area contributed by atoms with Gasteiger partial charge >= 0.3 is 33.6 Å². The standard InChI is InChI=1S/2Co.3H2O3/c;;3*1-3-2/h;;3*1-2H/q2*+3;;;/p-6. The molecule has 0 aliphatic rings. The third-order valence-corrected chi connectivity index (χ3v) is 0. The number of hydrogen-bond donors (Lipinski definition) is 0. The van der Waals surface area contributed by atoms with Crippen molar-refractivity contribution in [2.45, 2.75) is 0 Å². The van der Waals surface area contributed by atoms with Gasteiger partial charge in [0.1, 0.15) is 0 Å². The minimum atomic E-state index is 0. The maximum absolute atomic E-state index is 7.88. The molecule has 0 unspecified atom stereocenters. The molecule has 0 saturated carbocycles. The quantitative estimate of drug-likeness (QED) is 0.304. The van der Waals surface area contributed by atoms with Crippen molar-refractivity contribution >= 4 is 0 Å². The average molecular weight is 262 g/mol. The second-order valence-corrected chi connectivity index (χ2v) is 0.204. The second-order valence-electron chi connectivity index (χ2n) is 0.204. The van der Waals surface area contributed by atoms with Gasteiger partial charge in [-0.15, -0.1) is 0 Å². The first-order valence-electron chi connectivity index (χ1n) is 1.00. The van der Waals surface area contributed by atoms with Crippen LogP contribution in [0.3, 0.4) is 0 Å². The van der Waals surface area contributed by atoms with Gasteiger partial charge in [-0.25, -0.2) is 0 Å². The van der Waals surface area contributed by atoms with Gasteiger partial charge in [-0.05, 0) is 0 Å². The van der Waals surface area contributed by atoms with Crippen molar-refractivity contribution in [1.29, 1.82) is 0 Å². The molecule has 0 aromatic rings. The summed E-state index contributed by atoms with van der Waals surface area (Å²) in [6.07, 6.45) is 0. The van der Waals surface area contributed by atoms with Crippen LogP contribution in [-0.4, -0.2) is 0 Å². The summed E-state index contributed by atoms with van der Waals surface area (Å²) in [5.74, 6) is 0. The van der Waals surface area contributed by atoms with E-state index < -0.39 is 0 Å². The monoisotopic (exact) mass is 262 g/mol. The zero-order valence-corrected chi connectivity index (χ0v) is 6.42. The van der Waals surface area contributed by atoms with Crippen LogP contribution < -0.4 is 31.5 Å². The third-order valence-electron chi connectivity index (χ3n) is 0. The summed E-state index contributed by atoms with van der Waals surface area (Å²) in [5.41, 5.74) is 0. The number of hydrogen-bond acceptors (Lipinski definition) is 9. The molecular formula is Co2O9. The predicted octanol–water partition coefficient (Wildman–Crippen LogP) is -7.34. The molecule has 72 valence electrons. The summed E-state index contributed by atoms with van der Waals surface area (Å²) in [6, 6.07) is 0.